The molecule has 5 atom stereocenters. The number of esters is 4. The first-order valence-corrected chi connectivity index (χ1v) is 43.1. The summed E-state index contributed by atoms with van der Waals surface area (Å²) >= 11 is 0. The average molecular weight is 1480 g/mol. The van der Waals surface area contributed by atoms with Crippen LogP contribution in [0.4, 0.5) is 0 Å². The van der Waals surface area contributed by atoms with Gasteiger partial charge in [0.1, 0.15) is 19.3 Å². The Morgan fingerprint density at radius 1 is 0.284 bits per heavy atom. The maximum absolute atomic E-state index is 13.1. The summed E-state index contributed by atoms with van der Waals surface area (Å²) in [4.78, 5) is 73.0. The number of allylic oxidation sites excluding steroid dienone is 18. The van der Waals surface area contributed by atoms with Gasteiger partial charge in [-0.05, 0) is 122 Å². The van der Waals surface area contributed by atoms with Crippen LogP contribution in [0.1, 0.15) is 336 Å². The molecule has 588 valence electrons. The van der Waals surface area contributed by atoms with Crippen LogP contribution in [0, 0.1) is 0 Å². The molecule has 0 spiro atoms. The lowest BCUT2D eigenvalue weighted by Gasteiger charge is -2.21. The van der Waals surface area contributed by atoms with E-state index >= 15 is 0 Å². The largest absolute Gasteiger partial charge is 0.472 e. The number of carbonyl (C=O) groups excluding carboxylic acids is 4. The van der Waals surface area contributed by atoms with Crippen LogP contribution in [0.2, 0.25) is 0 Å². The van der Waals surface area contributed by atoms with Crippen molar-refractivity contribution in [2.45, 2.75) is 354 Å². The highest BCUT2D eigenvalue weighted by Gasteiger charge is 2.30. The fourth-order valence-electron chi connectivity index (χ4n) is 10.7. The summed E-state index contributed by atoms with van der Waals surface area (Å²) in [6.07, 6.45) is 80.7. The predicted octanol–water partition coefficient (Wildman–Crippen LogP) is 23.3. The lowest BCUT2D eigenvalue weighted by atomic mass is 10.0. The van der Waals surface area contributed by atoms with Crippen molar-refractivity contribution in [1.82, 2.24) is 0 Å². The fourth-order valence-corrected chi connectivity index (χ4v) is 12.3. The Bertz CT molecular complexity index is 2360. The maximum atomic E-state index is 13.1. The molecule has 0 aliphatic heterocycles. The summed E-state index contributed by atoms with van der Waals surface area (Å²) in [7, 11) is -9.97. The summed E-state index contributed by atoms with van der Waals surface area (Å²) in [5.41, 5.74) is 0. The number of carbonyl (C=O) groups is 4. The molecule has 0 radical (unpaired) electrons. The molecule has 0 aromatic rings. The van der Waals surface area contributed by atoms with E-state index in [0.717, 1.165) is 161 Å². The molecule has 5 unspecified atom stereocenters. The highest BCUT2D eigenvalue weighted by molar-refractivity contribution is 7.47. The Balaban J connectivity index is 5.39. The van der Waals surface area contributed by atoms with Gasteiger partial charge in [-0.2, -0.15) is 0 Å². The number of aliphatic hydroxyl groups is 1. The molecule has 0 aromatic carbocycles. The minimum absolute atomic E-state index is 0.0818. The first-order chi connectivity index (χ1) is 49.7. The van der Waals surface area contributed by atoms with E-state index in [4.69, 9.17) is 37.0 Å². The Hall–Kier alpha value is -4.28. The van der Waals surface area contributed by atoms with Crippen molar-refractivity contribution in [2.24, 2.45) is 0 Å². The highest BCUT2D eigenvalue weighted by atomic mass is 31.2. The van der Waals surface area contributed by atoms with E-state index in [0.29, 0.717) is 32.1 Å². The van der Waals surface area contributed by atoms with Crippen LogP contribution < -0.4 is 0 Å². The molecule has 0 saturated carbocycles. The van der Waals surface area contributed by atoms with E-state index in [1.165, 1.54) is 89.9 Å². The van der Waals surface area contributed by atoms with Crippen LogP contribution >= 0.6 is 15.6 Å². The van der Waals surface area contributed by atoms with Crippen LogP contribution in [-0.4, -0.2) is 96.7 Å². The van der Waals surface area contributed by atoms with E-state index in [-0.39, 0.29) is 25.7 Å². The van der Waals surface area contributed by atoms with Gasteiger partial charge in [0, 0.05) is 25.7 Å². The minimum atomic E-state index is -4.99. The van der Waals surface area contributed by atoms with Crippen LogP contribution in [0.5, 0.6) is 0 Å². The van der Waals surface area contributed by atoms with Gasteiger partial charge in [-0.15, -0.1) is 0 Å². The number of hydrogen-bond acceptors (Lipinski definition) is 15. The van der Waals surface area contributed by atoms with Gasteiger partial charge in [0.2, 0.25) is 0 Å². The highest BCUT2D eigenvalue weighted by Crippen LogP contribution is 2.45. The van der Waals surface area contributed by atoms with Gasteiger partial charge in [-0.1, -0.05) is 298 Å². The van der Waals surface area contributed by atoms with Gasteiger partial charge < -0.3 is 33.8 Å². The summed E-state index contributed by atoms with van der Waals surface area (Å²) in [6, 6.07) is 0. The fraction of sp³-hybridized carbons (Fsp3) is 0.735. The Kier molecular flexibility index (Phi) is 71.8. The number of rotatable bonds is 75. The molecule has 17 nitrogen and oxygen atoms in total. The topological polar surface area (TPSA) is 237 Å². The van der Waals surface area contributed by atoms with Gasteiger partial charge in [0.15, 0.2) is 12.2 Å². The molecule has 3 N–H and O–H groups in total. The summed E-state index contributed by atoms with van der Waals surface area (Å²) < 4.78 is 68.6. The zero-order valence-electron chi connectivity index (χ0n) is 64.3. The molecular weight excluding hydrogens is 1330 g/mol. The quantitative estimate of drug-likeness (QED) is 0.0169. The van der Waals surface area contributed by atoms with Gasteiger partial charge in [0.05, 0.1) is 26.4 Å². The number of phosphoric acid groups is 2. The lowest BCUT2D eigenvalue weighted by Crippen LogP contribution is -2.30. The van der Waals surface area contributed by atoms with Crippen molar-refractivity contribution in [1.29, 1.82) is 0 Å². The van der Waals surface area contributed by atoms with Gasteiger partial charge in [0.25, 0.3) is 0 Å². The van der Waals surface area contributed by atoms with Crippen molar-refractivity contribution in [3.8, 4) is 0 Å². The third-order valence-electron chi connectivity index (χ3n) is 16.7. The molecule has 0 rings (SSSR count). The van der Waals surface area contributed by atoms with Gasteiger partial charge in [-0.3, -0.25) is 37.3 Å². The zero-order valence-corrected chi connectivity index (χ0v) is 66.0. The molecule has 0 heterocycles. The second-order valence-electron chi connectivity index (χ2n) is 26.6. The predicted molar refractivity (Wildman–Crippen MR) is 418 cm³/mol. The van der Waals surface area contributed by atoms with Crippen LogP contribution in [-0.2, 0) is 65.4 Å². The summed E-state index contributed by atoms with van der Waals surface area (Å²) in [5, 5.41) is 10.6. The minimum Gasteiger partial charge on any atom is -0.462 e. The van der Waals surface area contributed by atoms with Crippen molar-refractivity contribution in [3.05, 3.63) is 109 Å². The van der Waals surface area contributed by atoms with Crippen molar-refractivity contribution in [3.63, 3.8) is 0 Å². The third-order valence-corrected chi connectivity index (χ3v) is 18.6. The number of ether oxygens (including phenoxy) is 4. The van der Waals surface area contributed by atoms with E-state index in [1.807, 2.05) is 12.2 Å². The SMILES string of the molecule is CC/C=C\C/C=C\C/C=C\C/C=C\C/C=C\CCCC(=O)OCC(COP(=O)(O)OCC(O)COP(=O)(O)OCC(COC(=O)CCCCCCCCC/C=C\C/C=C\C/C=C\CC)OC(=O)CCCCCCC/C=C\CCCCCCCC)OC(=O)CCCCCCCCCCCCCCC. The normalized spacial score (nSPS) is 14.5. The lowest BCUT2D eigenvalue weighted by molar-refractivity contribution is -0.161. The molecule has 0 saturated heterocycles. The number of phosphoric ester groups is 2. The standard InChI is InChI=1S/C83H144O17P2/c1-5-9-13-17-21-25-29-33-36-38-41-44-47-51-55-59-63-67-80(85)93-73-78(99-82(87)69-65-61-57-53-49-43-32-28-24-20-16-12-8-4)75-97-101(89,90)95-71-77(84)72-96-102(91,92)98-76-79(100-83(88)70-66-62-58-54-50-46-40-35-31-27-23-19-15-11-7-3)74-94-81(86)68-64-60-56-52-48-45-42-39-37-34-30-26-22-18-14-10-6-2/h9-10,13-14,21-22,25-26,33-37,40-41,44,51,55,77-79,84H,5-8,11-12,15-20,23-24,27-32,38-39,42-43,45-50,52-54,56-76H2,1-4H3,(H,89,90)(H,91,92)/b13-9-,14-10-,25-21-,26-22-,36-33-,37-34-,40-35-,44-41-,55-51-. The number of aliphatic hydroxyl groups excluding tert-OH is 1. The molecule has 0 aromatic heterocycles. The maximum Gasteiger partial charge on any atom is 0.472 e. The molecule has 0 aliphatic carbocycles. The smallest absolute Gasteiger partial charge is 0.462 e. The number of unbranched alkanes of at least 4 members (excludes halogenated alkanes) is 31. The average Bonchev–Trinajstić information content (AvgIpc) is 0.908. The van der Waals surface area contributed by atoms with E-state index < -0.39 is 97.5 Å². The van der Waals surface area contributed by atoms with E-state index in [1.54, 1.807) is 0 Å². The van der Waals surface area contributed by atoms with Crippen LogP contribution in [0.25, 0.3) is 0 Å². The van der Waals surface area contributed by atoms with Gasteiger partial charge in [-0.25, -0.2) is 9.13 Å². The number of hydrogen-bond donors (Lipinski definition) is 3. The van der Waals surface area contributed by atoms with Crippen molar-refractivity contribution < 1.29 is 80.2 Å². The molecule has 0 bridgehead atoms. The zero-order chi connectivity index (χ0) is 74.6. The van der Waals surface area contributed by atoms with E-state index in [9.17, 15) is 43.2 Å². The van der Waals surface area contributed by atoms with Crippen molar-refractivity contribution in [2.75, 3.05) is 39.6 Å². The van der Waals surface area contributed by atoms with Gasteiger partial charge >= 0.3 is 39.5 Å². The Morgan fingerprint density at radius 3 is 0.833 bits per heavy atom. The molecule has 102 heavy (non-hydrogen) atoms. The summed E-state index contributed by atoms with van der Waals surface area (Å²) in [6.45, 7) is 4.60. The van der Waals surface area contributed by atoms with Crippen molar-refractivity contribution >= 4 is 39.5 Å². The summed E-state index contributed by atoms with van der Waals surface area (Å²) in [5.74, 6) is -2.25. The Labute approximate surface area is 619 Å². The Morgan fingerprint density at radius 2 is 0.520 bits per heavy atom. The second-order valence-corrected chi connectivity index (χ2v) is 29.5. The van der Waals surface area contributed by atoms with Crippen LogP contribution in [0.15, 0.2) is 109 Å². The molecular formula is C83H144O17P2. The third kappa shape index (κ3) is 74.0. The first-order valence-electron chi connectivity index (χ1n) is 40.1. The molecule has 0 amide bonds. The molecule has 0 aliphatic rings. The van der Waals surface area contributed by atoms with E-state index in [2.05, 4.69) is 125 Å². The second kappa shape index (κ2) is 75.0. The molecule has 19 heteroatoms. The first kappa shape index (κ1) is 97.7. The monoisotopic (exact) mass is 1470 g/mol. The van der Waals surface area contributed by atoms with Crippen LogP contribution in [0.3, 0.4) is 0 Å². The molecule has 0 fully saturated rings.